The van der Waals surface area contributed by atoms with Crippen LogP contribution in [0.1, 0.15) is 39.0 Å². The van der Waals surface area contributed by atoms with Crippen molar-refractivity contribution in [3.05, 3.63) is 0 Å². The summed E-state index contributed by atoms with van der Waals surface area (Å²) in [6.45, 7) is 1.87. The van der Waals surface area contributed by atoms with Crippen molar-refractivity contribution in [2.45, 2.75) is 45.1 Å². The van der Waals surface area contributed by atoms with E-state index >= 15 is 0 Å². The third-order valence-electron chi connectivity index (χ3n) is 5.46. The number of hydrogen-bond acceptors (Lipinski definition) is 4. The number of rotatable bonds is 4. The van der Waals surface area contributed by atoms with Crippen molar-refractivity contribution in [3.63, 3.8) is 0 Å². The topological polar surface area (TPSA) is 80.7 Å². The predicted molar refractivity (Wildman–Crippen MR) is 72.5 cm³/mol. The summed E-state index contributed by atoms with van der Waals surface area (Å²) < 4.78 is 35.4. The van der Waals surface area contributed by atoms with Crippen LogP contribution in [0.2, 0.25) is 0 Å². The van der Waals surface area contributed by atoms with Crippen LogP contribution in [-0.2, 0) is 19.6 Å². The van der Waals surface area contributed by atoms with E-state index in [-0.39, 0.29) is 6.10 Å². The summed E-state index contributed by atoms with van der Waals surface area (Å²) in [4.78, 5) is 11.5. The molecule has 0 aliphatic heterocycles. The molecule has 4 aliphatic carbocycles. The molecule has 0 aromatic rings. The maximum Gasteiger partial charge on any atom is 0.323 e. The zero-order chi connectivity index (χ0) is 14.5. The van der Waals surface area contributed by atoms with Crippen molar-refractivity contribution >= 4 is 16.1 Å². The summed E-state index contributed by atoms with van der Waals surface area (Å²) in [7, 11) is -4.29. The Morgan fingerprint density at radius 1 is 1.15 bits per heavy atom. The molecule has 1 atom stereocenters. The SMILES string of the molecule is CC(OC(=O)CS(=O)(=O)O)C1C2CC3CC(C2)CC1C3. The van der Waals surface area contributed by atoms with E-state index in [4.69, 9.17) is 9.29 Å². The molecule has 6 heteroatoms. The molecule has 0 aromatic carbocycles. The summed E-state index contributed by atoms with van der Waals surface area (Å²) in [5.41, 5.74) is 0. The molecule has 0 radical (unpaired) electrons. The lowest BCUT2D eigenvalue weighted by Gasteiger charge is -2.55. The molecule has 1 unspecified atom stereocenters. The molecule has 0 aromatic heterocycles. The van der Waals surface area contributed by atoms with Crippen molar-refractivity contribution in [1.29, 1.82) is 0 Å². The van der Waals surface area contributed by atoms with Gasteiger partial charge in [0.2, 0.25) is 0 Å². The Morgan fingerprint density at radius 3 is 2.10 bits per heavy atom. The fourth-order valence-corrected chi connectivity index (χ4v) is 5.57. The van der Waals surface area contributed by atoms with E-state index in [1.807, 2.05) is 6.92 Å². The summed E-state index contributed by atoms with van der Waals surface area (Å²) in [5, 5.41) is 0. The van der Waals surface area contributed by atoms with Crippen molar-refractivity contribution in [2.24, 2.45) is 29.6 Å². The van der Waals surface area contributed by atoms with Crippen LogP contribution in [0.15, 0.2) is 0 Å². The largest absolute Gasteiger partial charge is 0.462 e. The van der Waals surface area contributed by atoms with Crippen LogP contribution < -0.4 is 0 Å². The molecule has 4 saturated carbocycles. The summed E-state index contributed by atoms with van der Waals surface area (Å²) >= 11 is 0. The molecule has 0 spiro atoms. The highest BCUT2D eigenvalue weighted by Crippen LogP contribution is 2.57. The highest BCUT2D eigenvalue weighted by Gasteiger charge is 2.50. The van der Waals surface area contributed by atoms with Gasteiger partial charge < -0.3 is 4.74 Å². The van der Waals surface area contributed by atoms with Gasteiger partial charge in [-0.05, 0) is 62.7 Å². The molecule has 0 heterocycles. The predicted octanol–water partition coefficient (Wildman–Crippen LogP) is 1.88. The molecular formula is C14H22O5S. The number of esters is 1. The average Bonchev–Trinajstić information content (AvgIpc) is 2.23. The Morgan fingerprint density at radius 2 is 1.65 bits per heavy atom. The van der Waals surface area contributed by atoms with Gasteiger partial charge in [0.25, 0.3) is 10.1 Å². The van der Waals surface area contributed by atoms with Crippen LogP contribution in [0.5, 0.6) is 0 Å². The van der Waals surface area contributed by atoms with Crippen molar-refractivity contribution < 1.29 is 22.5 Å². The van der Waals surface area contributed by atoms with E-state index in [1.165, 1.54) is 32.1 Å². The minimum absolute atomic E-state index is 0.251. The maximum atomic E-state index is 11.5. The second-order valence-corrected chi connectivity index (χ2v) is 8.38. The fourth-order valence-electron chi connectivity index (χ4n) is 5.20. The number of carbonyl (C=O) groups excluding carboxylic acids is 1. The summed E-state index contributed by atoms with van der Waals surface area (Å²) in [6.07, 6.45) is 6.06. The van der Waals surface area contributed by atoms with Crippen molar-refractivity contribution in [2.75, 3.05) is 5.75 Å². The first-order valence-corrected chi connectivity index (χ1v) is 9.07. The lowest BCUT2D eigenvalue weighted by Crippen LogP contribution is -2.49. The highest BCUT2D eigenvalue weighted by atomic mass is 32.2. The van der Waals surface area contributed by atoms with Gasteiger partial charge in [0.15, 0.2) is 5.75 Å². The van der Waals surface area contributed by atoms with E-state index in [9.17, 15) is 13.2 Å². The highest BCUT2D eigenvalue weighted by molar-refractivity contribution is 7.86. The Hall–Kier alpha value is -0.620. The van der Waals surface area contributed by atoms with E-state index in [1.54, 1.807) is 0 Å². The third-order valence-corrected chi connectivity index (χ3v) is 6.06. The van der Waals surface area contributed by atoms with Crippen LogP contribution in [0.4, 0.5) is 0 Å². The van der Waals surface area contributed by atoms with Gasteiger partial charge in [-0.15, -0.1) is 0 Å². The standard InChI is InChI=1S/C14H22O5S/c1-8(19-13(15)7-20(16,17)18)14-11-3-9-2-10(5-11)6-12(14)4-9/h8-12,14H,2-7H2,1H3,(H,16,17,18). The van der Waals surface area contributed by atoms with E-state index in [0.29, 0.717) is 17.8 Å². The molecule has 4 bridgehead atoms. The molecule has 4 rings (SSSR count). The van der Waals surface area contributed by atoms with Crippen LogP contribution in [-0.4, -0.2) is 30.8 Å². The lowest BCUT2D eigenvalue weighted by atomic mass is 9.51. The second-order valence-electron chi connectivity index (χ2n) is 6.93. The van der Waals surface area contributed by atoms with E-state index in [0.717, 1.165) is 11.8 Å². The Bertz CT molecular complexity index is 470. The second kappa shape index (κ2) is 4.98. The Balaban J connectivity index is 1.63. The zero-order valence-corrected chi connectivity index (χ0v) is 12.5. The van der Waals surface area contributed by atoms with Crippen molar-refractivity contribution in [1.82, 2.24) is 0 Å². The normalized spacial score (nSPS) is 40.6. The monoisotopic (exact) mass is 302 g/mol. The molecule has 1 N–H and O–H groups in total. The number of carbonyl (C=O) groups is 1. The van der Waals surface area contributed by atoms with Gasteiger partial charge in [-0.3, -0.25) is 9.35 Å². The molecule has 0 saturated heterocycles. The molecule has 114 valence electrons. The molecule has 5 nitrogen and oxygen atoms in total. The van der Waals surface area contributed by atoms with Gasteiger partial charge in [-0.1, -0.05) is 0 Å². The van der Waals surface area contributed by atoms with Gasteiger partial charge in [0.1, 0.15) is 6.10 Å². The van der Waals surface area contributed by atoms with Crippen LogP contribution in [0, 0.1) is 29.6 Å². The summed E-state index contributed by atoms with van der Waals surface area (Å²) in [5.74, 6) is 1.55. The third kappa shape index (κ3) is 2.86. The molecular weight excluding hydrogens is 280 g/mol. The minimum atomic E-state index is -4.29. The number of hydrogen-bond donors (Lipinski definition) is 1. The number of ether oxygens (including phenoxy) is 1. The average molecular weight is 302 g/mol. The van der Waals surface area contributed by atoms with Gasteiger partial charge in [-0.2, -0.15) is 8.42 Å². The molecule has 4 fully saturated rings. The van der Waals surface area contributed by atoms with E-state index < -0.39 is 21.8 Å². The van der Waals surface area contributed by atoms with Gasteiger partial charge in [-0.25, -0.2) is 0 Å². The van der Waals surface area contributed by atoms with Gasteiger partial charge >= 0.3 is 5.97 Å². The van der Waals surface area contributed by atoms with Crippen LogP contribution in [0.3, 0.4) is 0 Å². The quantitative estimate of drug-likeness (QED) is 0.633. The Kier molecular flexibility index (Phi) is 3.57. The maximum absolute atomic E-state index is 11.5. The smallest absolute Gasteiger partial charge is 0.323 e. The van der Waals surface area contributed by atoms with Crippen LogP contribution >= 0.6 is 0 Å². The van der Waals surface area contributed by atoms with Crippen LogP contribution in [0.25, 0.3) is 0 Å². The first kappa shape index (κ1) is 14.3. The fraction of sp³-hybridized carbons (Fsp3) is 0.929. The first-order valence-electron chi connectivity index (χ1n) is 7.46. The van der Waals surface area contributed by atoms with E-state index in [2.05, 4.69) is 0 Å². The lowest BCUT2D eigenvalue weighted by molar-refractivity contribution is -0.157. The summed E-state index contributed by atoms with van der Waals surface area (Å²) in [6, 6.07) is 0. The molecule has 0 amide bonds. The molecule has 20 heavy (non-hydrogen) atoms. The van der Waals surface area contributed by atoms with Gasteiger partial charge in [0.05, 0.1) is 0 Å². The zero-order valence-electron chi connectivity index (χ0n) is 11.7. The minimum Gasteiger partial charge on any atom is -0.462 e. The Labute approximate surface area is 119 Å². The van der Waals surface area contributed by atoms with Crippen molar-refractivity contribution in [3.8, 4) is 0 Å². The first-order chi connectivity index (χ1) is 9.32. The molecule has 4 aliphatic rings. The van der Waals surface area contributed by atoms with Gasteiger partial charge in [0, 0.05) is 5.92 Å².